The molecule has 0 heterocycles. The highest BCUT2D eigenvalue weighted by Gasteiger charge is 2.17. The standard InChI is InChI=1S/C15H27NO/c1-3-5-7-13(4-2)11-16-15-9-6-8-14(10-15)12-17/h6,8,12-16H,3-5,7,9-11H2,1-2H3. The molecule has 0 aromatic rings. The predicted octanol–water partition coefficient (Wildman–Crippen LogP) is 3.33. The van der Waals surface area contributed by atoms with Crippen LogP contribution in [-0.2, 0) is 4.79 Å². The lowest BCUT2D eigenvalue weighted by Gasteiger charge is -2.25. The summed E-state index contributed by atoms with van der Waals surface area (Å²) in [4.78, 5) is 10.8. The van der Waals surface area contributed by atoms with Gasteiger partial charge < -0.3 is 10.1 Å². The number of rotatable bonds is 8. The molecular weight excluding hydrogens is 210 g/mol. The SMILES string of the molecule is CCCCC(CC)CNC1CC=CC(C=O)C1. The maximum absolute atomic E-state index is 10.8. The number of hydrogen-bond donors (Lipinski definition) is 1. The zero-order valence-corrected chi connectivity index (χ0v) is 11.3. The smallest absolute Gasteiger partial charge is 0.126 e. The lowest BCUT2D eigenvalue weighted by Crippen LogP contribution is -2.36. The normalized spacial score (nSPS) is 25.8. The Morgan fingerprint density at radius 2 is 2.29 bits per heavy atom. The number of carbonyl (C=O) groups excluding carboxylic acids is 1. The van der Waals surface area contributed by atoms with Gasteiger partial charge in [0.1, 0.15) is 6.29 Å². The summed E-state index contributed by atoms with van der Waals surface area (Å²) >= 11 is 0. The van der Waals surface area contributed by atoms with Crippen molar-refractivity contribution in [3.8, 4) is 0 Å². The monoisotopic (exact) mass is 237 g/mol. The summed E-state index contributed by atoms with van der Waals surface area (Å²) in [5.41, 5.74) is 0. The summed E-state index contributed by atoms with van der Waals surface area (Å²) in [6.07, 6.45) is 12.5. The quantitative estimate of drug-likeness (QED) is 0.518. The molecule has 1 rings (SSSR count). The Bertz CT molecular complexity index is 237. The van der Waals surface area contributed by atoms with Crippen molar-refractivity contribution in [1.29, 1.82) is 0 Å². The van der Waals surface area contributed by atoms with Gasteiger partial charge in [0, 0.05) is 12.0 Å². The highest BCUT2D eigenvalue weighted by molar-refractivity contribution is 5.57. The minimum absolute atomic E-state index is 0.136. The van der Waals surface area contributed by atoms with Crippen molar-refractivity contribution < 1.29 is 4.79 Å². The molecule has 0 saturated heterocycles. The molecular formula is C15H27NO. The molecule has 0 aliphatic heterocycles. The van der Waals surface area contributed by atoms with Crippen LogP contribution >= 0.6 is 0 Å². The minimum atomic E-state index is 0.136. The molecule has 98 valence electrons. The second kappa shape index (κ2) is 8.46. The van der Waals surface area contributed by atoms with Crippen molar-refractivity contribution in [3.05, 3.63) is 12.2 Å². The molecule has 2 nitrogen and oxygen atoms in total. The highest BCUT2D eigenvalue weighted by Crippen LogP contribution is 2.17. The molecule has 1 N–H and O–H groups in total. The van der Waals surface area contributed by atoms with Crippen molar-refractivity contribution in [2.24, 2.45) is 11.8 Å². The summed E-state index contributed by atoms with van der Waals surface area (Å²) in [6, 6.07) is 0.505. The third-order valence-corrected chi connectivity index (χ3v) is 3.77. The van der Waals surface area contributed by atoms with Crippen molar-refractivity contribution in [2.75, 3.05) is 6.54 Å². The fourth-order valence-electron chi connectivity index (χ4n) is 2.47. The Balaban J connectivity index is 2.24. The number of aldehydes is 1. The van der Waals surface area contributed by atoms with E-state index in [-0.39, 0.29) is 5.92 Å². The van der Waals surface area contributed by atoms with Crippen LogP contribution in [0, 0.1) is 11.8 Å². The van der Waals surface area contributed by atoms with Crippen LogP contribution in [0.2, 0.25) is 0 Å². The van der Waals surface area contributed by atoms with Gasteiger partial charge in [0.25, 0.3) is 0 Å². The first-order chi connectivity index (χ1) is 8.30. The number of allylic oxidation sites excluding steroid dienone is 1. The van der Waals surface area contributed by atoms with Crippen LogP contribution in [0.4, 0.5) is 0 Å². The molecule has 0 bridgehead atoms. The molecule has 3 unspecified atom stereocenters. The van der Waals surface area contributed by atoms with Gasteiger partial charge in [0.15, 0.2) is 0 Å². The third-order valence-electron chi connectivity index (χ3n) is 3.77. The van der Waals surface area contributed by atoms with Crippen molar-refractivity contribution in [3.63, 3.8) is 0 Å². The molecule has 0 saturated carbocycles. The van der Waals surface area contributed by atoms with Crippen molar-refractivity contribution in [2.45, 2.75) is 58.4 Å². The zero-order chi connectivity index (χ0) is 12.5. The van der Waals surface area contributed by atoms with Crippen LogP contribution in [0.3, 0.4) is 0 Å². The van der Waals surface area contributed by atoms with Crippen molar-refractivity contribution in [1.82, 2.24) is 5.32 Å². The van der Waals surface area contributed by atoms with E-state index in [1.165, 1.54) is 25.7 Å². The molecule has 17 heavy (non-hydrogen) atoms. The van der Waals surface area contributed by atoms with Gasteiger partial charge in [-0.3, -0.25) is 0 Å². The van der Waals surface area contributed by atoms with Crippen LogP contribution in [0.5, 0.6) is 0 Å². The van der Waals surface area contributed by atoms with E-state index in [1.54, 1.807) is 0 Å². The molecule has 1 aliphatic carbocycles. The fraction of sp³-hybridized carbons (Fsp3) is 0.800. The average Bonchev–Trinajstić information content (AvgIpc) is 2.39. The van der Waals surface area contributed by atoms with E-state index in [9.17, 15) is 4.79 Å². The topological polar surface area (TPSA) is 29.1 Å². The lowest BCUT2D eigenvalue weighted by molar-refractivity contribution is -0.110. The number of unbranched alkanes of at least 4 members (excludes halogenated alkanes) is 1. The Labute approximate surface area is 106 Å². The second-order valence-corrected chi connectivity index (χ2v) is 5.22. The van der Waals surface area contributed by atoms with Gasteiger partial charge in [-0.25, -0.2) is 0 Å². The summed E-state index contributed by atoms with van der Waals surface area (Å²) in [6.45, 7) is 5.64. The van der Waals surface area contributed by atoms with E-state index >= 15 is 0 Å². The molecule has 0 radical (unpaired) electrons. The first-order valence-electron chi connectivity index (χ1n) is 7.15. The summed E-state index contributed by atoms with van der Waals surface area (Å²) in [5.74, 6) is 0.938. The van der Waals surface area contributed by atoms with Gasteiger partial charge in [-0.2, -0.15) is 0 Å². The fourth-order valence-corrected chi connectivity index (χ4v) is 2.47. The Morgan fingerprint density at radius 3 is 2.94 bits per heavy atom. The Kier molecular flexibility index (Phi) is 7.18. The van der Waals surface area contributed by atoms with Crippen LogP contribution in [0.1, 0.15) is 52.4 Å². The van der Waals surface area contributed by atoms with Gasteiger partial charge in [-0.05, 0) is 31.7 Å². The molecule has 0 aromatic carbocycles. The van der Waals surface area contributed by atoms with Gasteiger partial charge in [-0.1, -0.05) is 45.3 Å². The zero-order valence-electron chi connectivity index (χ0n) is 11.3. The van der Waals surface area contributed by atoms with E-state index in [0.717, 1.165) is 31.6 Å². The number of hydrogen-bond acceptors (Lipinski definition) is 2. The van der Waals surface area contributed by atoms with Crippen LogP contribution < -0.4 is 5.32 Å². The first-order valence-corrected chi connectivity index (χ1v) is 7.15. The van der Waals surface area contributed by atoms with E-state index < -0.39 is 0 Å². The molecule has 2 heteroatoms. The highest BCUT2D eigenvalue weighted by atomic mass is 16.1. The summed E-state index contributed by atoms with van der Waals surface area (Å²) in [7, 11) is 0. The molecule has 0 amide bonds. The minimum Gasteiger partial charge on any atom is -0.313 e. The van der Waals surface area contributed by atoms with Gasteiger partial charge in [-0.15, -0.1) is 0 Å². The molecule has 0 spiro atoms. The number of nitrogens with one attached hydrogen (secondary N) is 1. The third kappa shape index (κ3) is 5.49. The first kappa shape index (κ1) is 14.4. The summed E-state index contributed by atoms with van der Waals surface area (Å²) in [5, 5.41) is 3.64. The maximum atomic E-state index is 10.8. The molecule has 0 aromatic heterocycles. The van der Waals surface area contributed by atoms with E-state index in [2.05, 4.69) is 25.2 Å². The van der Waals surface area contributed by atoms with E-state index in [0.29, 0.717) is 6.04 Å². The summed E-state index contributed by atoms with van der Waals surface area (Å²) < 4.78 is 0. The van der Waals surface area contributed by atoms with Crippen molar-refractivity contribution >= 4 is 6.29 Å². The largest absolute Gasteiger partial charge is 0.313 e. The van der Waals surface area contributed by atoms with Gasteiger partial charge in [0.2, 0.25) is 0 Å². The molecule has 0 fully saturated rings. The Hall–Kier alpha value is -0.630. The number of carbonyl (C=O) groups is 1. The second-order valence-electron chi connectivity index (χ2n) is 5.22. The molecule has 1 aliphatic rings. The maximum Gasteiger partial charge on any atom is 0.126 e. The predicted molar refractivity (Wildman–Crippen MR) is 73.0 cm³/mol. The van der Waals surface area contributed by atoms with Crippen LogP contribution in [0.25, 0.3) is 0 Å². The van der Waals surface area contributed by atoms with E-state index in [4.69, 9.17) is 0 Å². The van der Waals surface area contributed by atoms with Crippen LogP contribution in [0.15, 0.2) is 12.2 Å². The van der Waals surface area contributed by atoms with Gasteiger partial charge >= 0.3 is 0 Å². The Morgan fingerprint density at radius 1 is 1.47 bits per heavy atom. The average molecular weight is 237 g/mol. The van der Waals surface area contributed by atoms with Gasteiger partial charge in [0.05, 0.1) is 0 Å². The molecule has 3 atom stereocenters. The van der Waals surface area contributed by atoms with Crippen LogP contribution in [-0.4, -0.2) is 18.9 Å². The lowest BCUT2D eigenvalue weighted by atomic mass is 9.92. The van der Waals surface area contributed by atoms with E-state index in [1.807, 2.05) is 6.08 Å².